The van der Waals surface area contributed by atoms with E-state index in [0.717, 1.165) is 35.3 Å². The molecule has 2 atom stereocenters. The molecular weight excluding hydrogens is 403 g/mol. The molecule has 0 saturated carbocycles. The van der Waals surface area contributed by atoms with E-state index in [1.165, 1.54) is 0 Å². The summed E-state index contributed by atoms with van der Waals surface area (Å²) < 4.78 is 15.8. The first-order chi connectivity index (χ1) is 14.1. The Morgan fingerprint density at radius 1 is 1.21 bits per heavy atom. The Morgan fingerprint density at radius 3 is 2.66 bits per heavy atom. The number of hydrogen-bond donors (Lipinski definition) is 2. The molecule has 0 saturated heterocycles. The van der Waals surface area contributed by atoms with Gasteiger partial charge in [0.2, 0.25) is 0 Å². The summed E-state index contributed by atoms with van der Waals surface area (Å²) in [5.41, 5.74) is 9.88. The maximum atomic E-state index is 12.7. The second-order valence-electron chi connectivity index (χ2n) is 6.70. The third-order valence-electron chi connectivity index (χ3n) is 4.75. The molecule has 7 heteroatoms. The van der Waals surface area contributed by atoms with Crippen LogP contribution in [0.5, 0.6) is 0 Å². The van der Waals surface area contributed by atoms with Crippen molar-refractivity contribution >= 4 is 37.3 Å². The Hall–Kier alpha value is -2.53. The zero-order valence-electron chi connectivity index (χ0n) is 16.2. The molecule has 3 aromatic rings. The van der Waals surface area contributed by atoms with Gasteiger partial charge in [0.1, 0.15) is 6.10 Å². The third kappa shape index (κ3) is 5.73. The van der Waals surface area contributed by atoms with E-state index >= 15 is 0 Å². The number of nitrogen functional groups attached to an aromatic ring is 1. The number of carbonyl (C=O) groups is 1. The summed E-state index contributed by atoms with van der Waals surface area (Å²) in [6.45, 7) is 2.01. The van der Waals surface area contributed by atoms with Crippen LogP contribution < -0.4 is 11.1 Å². The maximum absolute atomic E-state index is 12.7. The fraction of sp³-hybridized carbons (Fsp3) is 0.227. The number of carbonyl (C=O) groups excluding carboxylic acids is 1. The number of nitrogens with two attached hydrogens (primary N) is 1. The van der Waals surface area contributed by atoms with Gasteiger partial charge in [-0.05, 0) is 70.7 Å². The highest BCUT2D eigenvalue weighted by atomic mass is 32.1. The van der Waals surface area contributed by atoms with Crippen LogP contribution in [0.3, 0.4) is 0 Å². The number of hydrogen-bond acceptors (Lipinski definition) is 5. The van der Waals surface area contributed by atoms with E-state index < -0.39 is 8.69 Å². The van der Waals surface area contributed by atoms with Gasteiger partial charge < -0.3 is 11.1 Å². The van der Waals surface area contributed by atoms with Crippen molar-refractivity contribution in [2.45, 2.75) is 32.3 Å². The Bertz CT molecular complexity index is 959. The molecule has 2 unspecified atom stereocenters. The molecule has 1 aromatic heterocycles. The van der Waals surface area contributed by atoms with Crippen molar-refractivity contribution in [3.63, 3.8) is 0 Å². The number of amides is 1. The summed E-state index contributed by atoms with van der Waals surface area (Å²) >= 11 is 1.64. The summed E-state index contributed by atoms with van der Waals surface area (Å²) in [5.74, 6) is -0.200. The fourth-order valence-corrected chi connectivity index (χ4v) is 4.16. The molecule has 0 aliphatic heterocycles. The van der Waals surface area contributed by atoms with Gasteiger partial charge in [-0.15, -0.1) is 15.9 Å². The second-order valence-corrected chi connectivity index (χ2v) is 8.05. The van der Waals surface area contributed by atoms with Gasteiger partial charge in [0, 0.05) is 10.4 Å². The first-order valence-corrected chi connectivity index (χ1v) is 11.2. The van der Waals surface area contributed by atoms with Gasteiger partial charge in [-0.3, -0.25) is 4.79 Å². The Balaban J connectivity index is 1.65. The first kappa shape index (κ1) is 21.2. The molecule has 0 bridgehead atoms. The van der Waals surface area contributed by atoms with Crippen LogP contribution in [0.2, 0.25) is 0 Å². The van der Waals surface area contributed by atoms with Gasteiger partial charge in [-0.2, -0.15) is 0 Å². The van der Waals surface area contributed by atoms with Gasteiger partial charge in [0.15, 0.2) is 0 Å². The van der Waals surface area contributed by atoms with Gasteiger partial charge in [-0.25, -0.2) is 0 Å². The van der Waals surface area contributed by atoms with Crippen molar-refractivity contribution in [2.75, 3.05) is 11.1 Å². The minimum Gasteiger partial charge on any atom is -0.397 e. The molecule has 3 rings (SSSR count). The first-order valence-electron chi connectivity index (χ1n) is 9.47. The van der Waals surface area contributed by atoms with Crippen LogP contribution in [0, 0.1) is 0 Å². The zero-order valence-corrected chi connectivity index (χ0v) is 18.0. The van der Waals surface area contributed by atoms with E-state index in [0.29, 0.717) is 16.9 Å². The summed E-state index contributed by atoms with van der Waals surface area (Å²) in [5, 5.41) is 4.93. The van der Waals surface area contributed by atoms with Gasteiger partial charge in [0.05, 0.1) is 11.4 Å². The standard InChI is InChI=1S/C22H23N2O3PS/c1-2-18(27-28-26)11-7-15-5-8-16(9-6-15)22(25)24-20-14-17(10-12-19(20)23)21-4-3-13-29-21/h3-6,8-10,12-14,18,28H,2,7,11,23H2,1H3/p+1. The molecule has 3 N–H and O–H groups in total. The Labute approximate surface area is 176 Å². The summed E-state index contributed by atoms with van der Waals surface area (Å²) in [7, 11) is -0.729. The average molecular weight is 427 g/mol. The quantitative estimate of drug-likeness (QED) is 0.328. The van der Waals surface area contributed by atoms with Crippen LogP contribution in [0.4, 0.5) is 11.4 Å². The molecule has 0 aliphatic carbocycles. The minimum absolute atomic E-state index is 0.00703. The van der Waals surface area contributed by atoms with Crippen molar-refractivity contribution in [1.29, 1.82) is 0 Å². The molecule has 1 heterocycles. The van der Waals surface area contributed by atoms with Crippen LogP contribution in [0.1, 0.15) is 35.7 Å². The molecule has 0 radical (unpaired) electrons. The molecule has 5 nitrogen and oxygen atoms in total. The molecular formula is C22H24N2O3PS+. The number of rotatable bonds is 9. The lowest BCUT2D eigenvalue weighted by atomic mass is 10.0. The van der Waals surface area contributed by atoms with Crippen LogP contribution in [0.25, 0.3) is 10.4 Å². The van der Waals surface area contributed by atoms with Crippen LogP contribution in [-0.2, 0) is 15.5 Å². The van der Waals surface area contributed by atoms with Gasteiger partial charge in [0.25, 0.3) is 5.91 Å². The van der Waals surface area contributed by atoms with E-state index in [4.69, 9.17) is 10.3 Å². The lowest BCUT2D eigenvalue weighted by molar-refractivity contribution is 0.102. The largest absolute Gasteiger partial charge is 0.494 e. The molecule has 0 aliphatic rings. The topological polar surface area (TPSA) is 81.4 Å². The molecule has 29 heavy (non-hydrogen) atoms. The summed E-state index contributed by atoms with van der Waals surface area (Å²) in [4.78, 5) is 13.8. The van der Waals surface area contributed by atoms with Crippen molar-refractivity contribution < 1.29 is 13.9 Å². The summed E-state index contributed by atoms with van der Waals surface area (Å²) in [6, 6.07) is 17.2. The van der Waals surface area contributed by atoms with Gasteiger partial charge >= 0.3 is 8.69 Å². The minimum atomic E-state index is -0.729. The molecule has 2 aromatic carbocycles. The number of aryl methyl sites for hydroxylation is 1. The zero-order chi connectivity index (χ0) is 20.6. The smallest absolute Gasteiger partial charge is 0.397 e. The van der Waals surface area contributed by atoms with Crippen molar-refractivity contribution in [3.8, 4) is 10.4 Å². The summed E-state index contributed by atoms with van der Waals surface area (Å²) in [6.07, 6.45) is 2.42. The van der Waals surface area contributed by atoms with Crippen LogP contribution in [0.15, 0.2) is 60.0 Å². The predicted octanol–water partition coefficient (Wildman–Crippen LogP) is 5.92. The molecule has 0 fully saturated rings. The SMILES string of the molecule is CCC(CCc1ccc(C(=O)Nc2cc(-c3cccs3)ccc2N)cc1)O[PH+]=O. The van der Waals surface area contributed by atoms with E-state index in [1.807, 2.05) is 54.8 Å². The second kappa shape index (κ2) is 10.3. The lowest BCUT2D eigenvalue weighted by Crippen LogP contribution is -2.13. The number of benzene rings is 2. The van der Waals surface area contributed by atoms with Crippen molar-refractivity contribution in [3.05, 3.63) is 71.1 Å². The predicted molar refractivity (Wildman–Crippen MR) is 121 cm³/mol. The Morgan fingerprint density at radius 2 is 2.00 bits per heavy atom. The third-order valence-corrected chi connectivity index (χ3v) is 6.10. The number of nitrogens with one attached hydrogen (secondary N) is 1. The highest BCUT2D eigenvalue weighted by molar-refractivity contribution is 7.17. The van der Waals surface area contributed by atoms with Crippen molar-refractivity contribution in [2.24, 2.45) is 0 Å². The molecule has 1 amide bonds. The lowest BCUT2D eigenvalue weighted by Gasteiger charge is -2.11. The molecule has 0 spiro atoms. The fourth-order valence-electron chi connectivity index (χ4n) is 3.02. The van der Waals surface area contributed by atoms with Crippen LogP contribution in [-0.4, -0.2) is 12.0 Å². The maximum Gasteiger partial charge on any atom is 0.494 e. The van der Waals surface area contributed by atoms with Gasteiger partial charge in [-0.1, -0.05) is 31.2 Å². The normalized spacial score (nSPS) is 12.0. The van der Waals surface area contributed by atoms with E-state index in [2.05, 4.69) is 5.32 Å². The monoisotopic (exact) mass is 427 g/mol. The van der Waals surface area contributed by atoms with E-state index in [9.17, 15) is 9.36 Å². The Kier molecular flexibility index (Phi) is 7.53. The van der Waals surface area contributed by atoms with Crippen LogP contribution >= 0.6 is 20.0 Å². The number of anilines is 2. The highest BCUT2D eigenvalue weighted by Gasteiger charge is 2.13. The van der Waals surface area contributed by atoms with E-state index in [-0.39, 0.29) is 12.0 Å². The number of thiophene rings is 1. The average Bonchev–Trinajstić information content (AvgIpc) is 3.28. The van der Waals surface area contributed by atoms with E-state index in [1.54, 1.807) is 23.5 Å². The highest BCUT2D eigenvalue weighted by Crippen LogP contribution is 2.30. The van der Waals surface area contributed by atoms with Crippen molar-refractivity contribution in [1.82, 2.24) is 0 Å². The molecule has 150 valence electrons.